The Kier molecular flexibility index (Phi) is 4.25. The number of hydrogen-bond acceptors (Lipinski definition) is 3. The topological polar surface area (TPSA) is 58.6 Å². The number of methoxy groups -OCH3 is 1. The Balaban J connectivity index is 1.95. The molecule has 0 saturated heterocycles. The summed E-state index contributed by atoms with van der Waals surface area (Å²) in [7, 11) is 1.62. The van der Waals surface area contributed by atoms with Crippen LogP contribution in [-0.4, -0.2) is 18.9 Å². The lowest BCUT2D eigenvalue weighted by molar-refractivity contribution is -0.126. The van der Waals surface area contributed by atoms with Crippen LogP contribution in [0.25, 0.3) is 0 Å². The van der Waals surface area contributed by atoms with Crippen molar-refractivity contribution in [1.29, 1.82) is 0 Å². The first-order valence-corrected chi connectivity index (χ1v) is 7.82. The minimum atomic E-state index is -0.615. The van der Waals surface area contributed by atoms with Gasteiger partial charge in [-0.3, -0.25) is 9.59 Å². The van der Waals surface area contributed by atoms with Gasteiger partial charge in [0.15, 0.2) is 0 Å². The van der Waals surface area contributed by atoms with E-state index < -0.39 is 6.04 Å². The van der Waals surface area contributed by atoms with Crippen LogP contribution in [0.2, 0.25) is 0 Å². The first kappa shape index (κ1) is 16.1. The van der Waals surface area contributed by atoms with Crippen LogP contribution in [0, 0.1) is 6.92 Å². The Morgan fingerprint density at radius 2 is 1.92 bits per heavy atom. The summed E-state index contributed by atoms with van der Waals surface area (Å²) < 4.78 is 5.17. The predicted octanol–water partition coefficient (Wildman–Crippen LogP) is 2.73. The zero-order valence-corrected chi connectivity index (χ0v) is 14.0. The molecule has 0 aromatic heterocycles. The van der Waals surface area contributed by atoms with E-state index in [2.05, 4.69) is 5.32 Å². The van der Waals surface area contributed by atoms with Crippen LogP contribution in [0.4, 0.5) is 5.69 Å². The number of rotatable bonds is 4. The number of ether oxygens (including phenoxy) is 1. The molecule has 5 heteroatoms. The molecular formula is C19H20N2O3. The quantitative estimate of drug-likeness (QED) is 0.941. The number of carbonyl (C=O) groups is 2. The molecule has 0 aliphatic carbocycles. The van der Waals surface area contributed by atoms with Gasteiger partial charge in [-0.2, -0.15) is 0 Å². The molecule has 0 saturated carbocycles. The summed E-state index contributed by atoms with van der Waals surface area (Å²) in [5.74, 6) is 0.455. The summed E-state index contributed by atoms with van der Waals surface area (Å²) in [6.45, 7) is 3.86. The number of amides is 2. The minimum absolute atomic E-state index is 0.106. The van der Waals surface area contributed by atoms with E-state index in [1.807, 2.05) is 49.4 Å². The van der Waals surface area contributed by atoms with Gasteiger partial charge in [0.2, 0.25) is 5.91 Å². The van der Waals surface area contributed by atoms with Crippen LogP contribution >= 0.6 is 0 Å². The standard InChI is InChI=1S/C19H20N2O3/c1-12-5-4-6-16-17(20-13(2)22)19(23)21(18(12)16)11-14-7-9-15(24-3)10-8-14/h4-10,17H,11H2,1-3H3,(H,20,22)/t17-/m0/s1. The molecule has 5 nitrogen and oxygen atoms in total. The molecule has 0 unspecified atom stereocenters. The third-order valence-electron chi connectivity index (χ3n) is 4.21. The first-order valence-electron chi connectivity index (χ1n) is 7.82. The molecule has 24 heavy (non-hydrogen) atoms. The van der Waals surface area contributed by atoms with Crippen LogP contribution < -0.4 is 15.0 Å². The van der Waals surface area contributed by atoms with E-state index in [1.54, 1.807) is 12.0 Å². The number of hydrogen-bond donors (Lipinski definition) is 1. The van der Waals surface area contributed by atoms with Gasteiger partial charge in [0, 0.05) is 12.5 Å². The maximum absolute atomic E-state index is 12.9. The van der Waals surface area contributed by atoms with Gasteiger partial charge in [-0.15, -0.1) is 0 Å². The summed E-state index contributed by atoms with van der Waals surface area (Å²) in [6, 6.07) is 12.8. The molecule has 1 atom stereocenters. The molecule has 1 heterocycles. The molecule has 124 valence electrons. The summed E-state index contributed by atoms with van der Waals surface area (Å²) >= 11 is 0. The molecule has 1 N–H and O–H groups in total. The highest BCUT2D eigenvalue weighted by Crippen LogP contribution is 2.39. The Bertz CT molecular complexity index is 784. The zero-order chi connectivity index (χ0) is 17.3. The number of fused-ring (bicyclic) bond motifs is 1. The van der Waals surface area contributed by atoms with Crippen LogP contribution in [0.1, 0.15) is 29.7 Å². The largest absolute Gasteiger partial charge is 0.497 e. The van der Waals surface area contributed by atoms with Gasteiger partial charge in [-0.1, -0.05) is 30.3 Å². The average molecular weight is 324 g/mol. The van der Waals surface area contributed by atoms with E-state index >= 15 is 0 Å². The van der Waals surface area contributed by atoms with Crippen molar-refractivity contribution in [3.8, 4) is 5.75 Å². The number of carbonyl (C=O) groups excluding carboxylic acids is 2. The smallest absolute Gasteiger partial charge is 0.254 e. The lowest BCUT2D eigenvalue weighted by Crippen LogP contribution is -2.36. The molecule has 2 aromatic rings. The second-order valence-electron chi connectivity index (χ2n) is 5.92. The van der Waals surface area contributed by atoms with Crippen LogP contribution in [-0.2, 0) is 16.1 Å². The average Bonchev–Trinajstić information content (AvgIpc) is 2.82. The maximum atomic E-state index is 12.9. The van der Waals surface area contributed by atoms with Crippen molar-refractivity contribution < 1.29 is 14.3 Å². The maximum Gasteiger partial charge on any atom is 0.254 e. The third-order valence-corrected chi connectivity index (χ3v) is 4.21. The number of anilines is 1. The SMILES string of the molecule is COc1ccc(CN2C(=O)[C@@H](NC(C)=O)c3cccc(C)c32)cc1. The Morgan fingerprint density at radius 3 is 2.54 bits per heavy atom. The molecule has 0 bridgehead atoms. The molecule has 0 spiro atoms. The zero-order valence-electron chi connectivity index (χ0n) is 14.0. The highest BCUT2D eigenvalue weighted by molar-refractivity contribution is 6.06. The van der Waals surface area contributed by atoms with Gasteiger partial charge < -0.3 is 15.0 Å². The fourth-order valence-corrected chi connectivity index (χ4v) is 3.10. The summed E-state index contributed by atoms with van der Waals surface area (Å²) in [5.41, 5.74) is 3.75. The molecule has 2 aromatic carbocycles. The van der Waals surface area contributed by atoms with E-state index in [9.17, 15) is 9.59 Å². The Morgan fingerprint density at radius 1 is 1.21 bits per heavy atom. The predicted molar refractivity (Wildman–Crippen MR) is 91.9 cm³/mol. The van der Waals surface area contributed by atoms with E-state index in [-0.39, 0.29) is 11.8 Å². The normalized spacial score (nSPS) is 16.0. The van der Waals surface area contributed by atoms with Gasteiger partial charge in [0.1, 0.15) is 11.8 Å². The third kappa shape index (κ3) is 2.85. The highest BCUT2D eigenvalue weighted by Gasteiger charge is 2.38. The van der Waals surface area contributed by atoms with Gasteiger partial charge in [0.05, 0.1) is 19.3 Å². The van der Waals surface area contributed by atoms with Gasteiger partial charge in [-0.25, -0.2) is 0 Å². The molecule has 0 radical (unpaired) electrons. The van der Waals surface area contributed by atoms with Crippen LogP contribution in [0.3, 0.4) is 0 Å². The fraction of sp³-hybridized carbons (Fsp3) is 0.263. The number of nitrogens with zero attached hydrogens (tertiary/aromatic N) is 1. The van der Waals surface area contributed by atoms with E-state index in [1.165, 1.54) is 6.92 Å². The second-order valence-corrected chi connectivity index (χ2v) is 5.92. The molecular weight excluding hydrogens is 304 g/mol. The lowest BCUT2D eigenvalue weighted by atomic mass is 10.1. The summed E-state index contributed by atoms with van der Waals surface area (Å²) in [6.07, 6.45) is 0. The van der Waals surface area contributed by atoms with Crippen molar-refractivity contribution in [2.45, 2.75) is 26.4 Å². The van der Waals surface area contributed by atoms with Crippen molar-refractivity contribution in [3.63, 3.8) is 0 Å². The van der Waals surface area contributed by atoms with E-state index in [4.69, 9.17) is 4.74 Å². The Labute approximate surface area is 141 Å². The highest BCUT2D eigenvalue weighted by atomic mass is 16.5. The van der Waals surface area contributed by atoms with Crippen LogP contribution in [0.15, 0.2) is 42.5 Å². The molecule has 0 fully saturated rings. The van der Waals surface area contributed by atoms with Crippen molar-refractivity contribution in [3.05, 3.63) is 59.2 Å². The van der Waals surface area contributed by atoms with Crippen molar-refractivity contribution >= 4 is 17.5 Å². The summed E-state index contributed by atoms with van der Waals surface area (Å²) in [5, 5.41) is 2.76. The first-order chi connectivity index (χ1) is 11.5. The second kappa shape index (κ2) is 6.35. The molecule has 1 aliphatic rings. The molecule has 3 rings (SSSR count). The van der Waals surface area contributed by atoms with E-state index in [0.717, 1.165) is 28.1 Å². The number of nitrogens with one attached hydrogen (secondary N) is 1. The van der Waals surface area contributed by atoms with Crippen molar-refractivity contribution in [2.24, 2.45) is 0 Å². The molecule has 1 aliphatic heterocycles. The Hall–Kier alpha value is -2.82. The lowest BCUT2D eigenvalue weighted by Gasteiger charge is -2.20. The number of aryl methyl sites for hydroxylation is 1. The van der Waals surface area contributed by atoms with Crippen molar-refractivity contribution in [2.75, 3.05) is 12.0 Å². The van der Waals surface area contributed by atoms with Gasteiger partial charge in [-0.05, 0) is 30.2 Å². The number of para-hydroxylation sites is 1. The van der Waals surface area contributed by atoms with Crippen LogP contribution in [0.5, 0.6) is 5.75 Å². The number of benzene rings is 2. The molecule has 2 amide bonds. The monoisotopic (exact) mass is 324 g/mol. The van der Waals surface area contributed by atoms with Crippen molar-refractivity contribution in [1.82, 2.24) is 5.32 Å². The van der Waals surface area contributed by atoms with Gasteiger partial charge >= 0.3 is 0 Å². The fourth-order valence-electron chi connectivity index (χ4n) is 3.10. The summed E-state index contributed by atoms with van der Waals surface area (Å²) in [4.78, 5) is 26.1. The van der Waals surface area contributed by atoms with E-state index in [0.29, 0.717) is 6.54 Å². The van der Waals surface area contributed by atoms with Gasteiger partial charge in [0.25, 0.3) is 5.91 Å². The minimum Gasteiger partial charge on any atom is -0.497 e.